The molecule has 2 heterocycles. The molecule has 1 saturated carbocycles. The second kappa shape index (κ2) is 9.58. The van der Waals surface area contributed by atoms with E-state index in [1.54, 1.807) is 0 Å². The number of ether oxygens (including phenoxy) is 1. The normalized spacial score (nSPS) is 20.4. The number of hydrogen-bond acceptors (Lipinski definition) is 3. The molecular weight excluding hydrogens is 412 g/mol. The summed E-state index contributed by atoms with van der Waals surface area (Å²) in [6, 6.07) is 17.8. The van der Waals surface area contributed by atoms with E-state index in [1.807, 2.05) is 47.4 Å². The Hall–Kier alpha value is -2.82. The SMILES string of the molecule is O=C(c1ccc(OCC2CCN(C(=O)C3(c4ccccc4)CC3)CC2)cc1)N1CCCCC1. The highest BCUT2D eigenvalue weighted by Crippen LogP contribution is 2.49. The number of benzene rings is 2. The number of amides is 2. The number of carbonyl (C=O) groups excluding carboxylic acids is 2. The second-order valence-corrected chi connectivity index (χ2v) is 9.87. The molecule has 5 rings (SSSR count). The second-order valence-electron chi connectivity index (χ2n) is 9.87. The molecule has 174 valence electrons. The van der Waals surface area contributed by atoms with Crippen LogP contribution >= 0.6 is 0 Å². The van der Waals surface area contributed by atoms with Crippen LogP contribution in [0.4, 0.5) is 0 Å². The molecule has 3 fully saturated rings. The maximum atomic E-state index is 13.2. The highest BCUT2D eigenvalue weighted by Gasteiger charge is 2.53. The third-order valence-corrected chi connectivity index (χ3v) is 7.62. The lowest BCUT2D eigenvalue weighted by molar-refractivity contribution is -0.135. The minimum Gasteiger partial charge on any atom is -0.493 e. The van der Waals surface area contributed by atoms with Crippen molar-refractivity contribution in [2.75, 3.05) is 32.8 Å². The first kappa shape index (κ1) is 22.0. The van der Waals surface area contributed by atoms with Gasteiger partial charge in [0.25, 0.3) is 5.91 Å². The van der Waals surface area contributed by atoms with E-state index in [0.717, 1.165) is 76.0 Å². The van der Waals surface area contributed by atoms with Crippen molar-refractivity contribution in [3.05, 3.63) is 65.7 Å². The van der Waals surface area contributed by atoms with Crippen LogP contribution in [-0.4, -0.2) is 54.4 Å². The van der Waals surface area contributed by atoms with Crippen molar-refractivity contribution in [1.29, 1.82) is 0 Å². The number of piperidine rings is 2. The standard InChI is InChI=1S/C28H34N2O3/c31-26(29-17-5-2-6-18-29)23-9-11-25(12-10-23)33-21-22-13-19-30(20-14-22)27(32)28(15-16-28)24-7-3-1-4-8-24/h1,3-4,7-12,22H,2,5-6,13-21H2. The Kier molecular flexibility index (Phi) is 6.39. The Bertz CT molecular complexity index is 954. The van der Waals surface area contributed by atoms with E-state index in [-0.39, 0.29) is 11.3 Å². The Morgan fingerprint density at radius 1 is 0.818 bits per heavy atom. The number of likely N-dealkylation sites (tertiary alicyclic amines) is 2. The van der Waals surface area contributed by atoms with Crippen LogP contribution in [-0.2, 0) is 10.2 Å². The first-order valence-electron chi connectivity index (χ1n) is 12.5. The molecule has 0 aromatic heterocycles. The molecule has 2 aliphatic heterocycles. The zero-order valence-corrected chi connectivity index (χ0v) is 19.4. The number of rotatable bonds is 6. The van der Waals surface area contributed by atoms with Crippen LogP contribution in [0.5, 0.6) is 5.75 Å². The third-order valence-electron chi connectivity index (χ3n) is 7.62. The first-order chi connectivity index (χ1) is 16.2. The van der Waals surface area contributed by atoms with Crippen molar-refractivity contribution in [3.8, 4) is 5.75 Å². The van der Waals surface area contributed by atoms with Gasteiger partial charge in [-0.05, 0) is 80.7 Å². The summed E-state index contributed by atoms with van der Waals surface area (Å²) in [4.78, 5) is 29.9. The summed E-state index contributed by atoms with van der Waals surface area (Å²) < 4.78 is 6.04. The zero-order valence-electron chi connectivity index (χ0n) is 19.4. The predicted octanol–water partition coefficient (Wildman–Crippen LogP) is 4.66. The Balaban J connectivity index is 1.09. The summed E-state index contributed by atoms with van der Waals surface area (Å²) >= 11 is 0. The van der Waals surface area contributed by atoms with Crippen molar-refractivity contribution in [3.63, 3.8) is 0 Å². The summed E-state index contributed by atoms with van der Waals surface area (Å²) in [6.07, 6.45) is 7.31. The molecule has 0 N–H and O–H groups in total. The van der Waals surface area contributed by atoms with Gasteiger partial charge >= 0.3 is 0 Å². The molecule has 0 atom stereocenters. The van der Waals surface area contributed by atoms with Gasteiger partial charge in [-0.15, -0.1) is 0 Å². The lowest BCUT2D eigenvalue weighted by Crippen LogP contribution is -2.44. The summed E-state index contributed by atoms with van der Waals surface area (Å²) in [5, 5.41) is 0. The molecule has 2 aromatic carbocycles. The Morgan fingerprint density at radius 2 is 1.48 bits per heavy atom. The summed E-state index contributed by atoms with van der Waals surface area (Å²) in [5.74, 6) is 1.70. The first-order valence-corrected chi connectivity index (χ1v) is 12.5. The molecule has 1 aliphatic carbocycles. The van der Waals surface area contributed by atoms with Crippen LogP contribution in [0.1, 0.15) is 60.9 Å². The molecule has 2 saturated heterocycles. The van der Waals surface area contributed by atoms with Gasteiger partial charge in [-0.3, -0.25) is 9.59 Å². The minimum atomic E-state index is -0.266. The van der Waals surface area contributed by atoms with E-state index in [9.17, 15) is 9.59 Å². The molecule has 0 radical (unpaired) electrons. The molecule has 2 amide bonds. The smallest absolute Gasteiger partial charge is 0.253 e. The fourth-order valence-corrected chi connectivity index (χ4v) is 5.30. The summed E-state index contributed by atoms with van der Waals surface area (Å²) in [5.41, 5.74) is 1.64. The van der Waals surface area contributed by atoms with Crippen molar-refractivity contribution < 1.29 is 14.3 Å². The Morgan fingerprint density at radius 3 is 2.12 bits per heavy atom. The van der Waals surface area contributed by atoms with Gasteiger partial charge in [0.15, 0.2) is 0 Å². The van der Waals surface area contributed by atoms with Crippen molar-refractivity contribution in [2.45, 2.75) is 50.4 Å². The van der Waals surface area contributed by atoms with E-state index in [1.165, 1.54) is 12.0 Å². The van der Waals surface area contributed by atoms with Gasteiger partial charge in [0.1, 0.15) is 5.75 Å². The molecule has 5 heteroatoms. The van der Waals surface area contributed by atoms with Gasteiger partial charge in [0.2, 0.25) is 5.91 Å². The molecule has 5 nitrogen and oxygen atoms in total. The van der Waals surface area contributed by atoms with Gasteiger partial charge in [0.05, 0.1) is 12.0 Å². The topological polar surface area (TPSA) is 49.9 Å². The van der Waals surface area contributed by atoms with E-state index >= 15 is 0 Å². The molecule has 0 bridgehead atoms. The zero-order chi connectivity index (χ0) is 22.7. The lowest BCUT2D eigenvalue weighted by atomic mass is 9.91. The van der Waals surface area contributed by atoms with Crippen molar-refractivity contribution in [1.82, 2.24) is 9.80 Å². The number of nitrogens with zero attached hydrogens (tertiary/aromatic N) is 2. The fourth-order valence-electron chi connectivity index (χ4n) is 5.30. The predicted molar refractivity (Wildman–Crippen MR) is 128 cm³/mol. The van der Waals surface area contributed by atoms with E-state index in [4.69, 9.17) is 4.74 Å². The van der Waals surface area contributed by atoms with Crippen LogP contribution in [0.3, 0.4) is 0 Å². The van der Waals surface area contributed by atoms with Gasteiger partial charge < -0.3 is 14.5 Å². The minimum absolute atomic E-state index is 0.127. The average Bonchev–Trinajstić information content (AvgIpc) is 3.70. The molecule has 3 aliphatic rings. The van der Waals surface area contributed by atoms with Gasteiger partial charge in [-0.25, -0.2) is 0 Å². The van der Waals surface area contributed by atoms with Crippen LogP contribution in [0.2, 0.25) is 0 Å². The Labute approximate surface area is 196 Å². The van der Waals surface area contributed by atoms with Crippen LogP contribution in [0.15, 0.2) is 54.6 Å². The maximum Gasteiger partial charge on any atom is 0.253 e. The quantitative estimate of drug-likeness (QED) is 0.648. The van der Waals surface area contributed by atoms with Crippen molar-refractivity contribution in [2.24, 2.45) is 5.92 Å². The summed E-state index contributed by atoms with van der Waals surface area (Å²) in [7, 11) is 0. The monoisotopic (exact) mass is 446 g/mol. The lowest BCUT2D eigenvalue weighted by Gasteiger charge is -2.34. The highest BCUT2D eigenvalue weighted by molar-refractivity contribution is 5.94. The van der Waals surface area contributed by atoms with Gasteiger partial charge in [-0.1, -0.05) is 30.3 Å². The molecule has 33 heavy (non-hydrogen) atoms. The third kappa shape index (κ3) is 4.78. The molecule has 2 aromatic rings. The van der Waals surface area contributed by atoms with Gasteiger partial charge in [-0.2, -0.15) is 0 Å². The summed E-state index contributed by atoms with van der Waals surface area (Å²) in [6.45, 7) is 4.01. The number of hydrogen-bond donors (Lipinski definition) is 0. The van der Waals surface area contributed by atoms with Crippen LogP contribution in [0, 0.1) is 5.92 Å². The van der Waals surface area contributed by atoms with E-state index in [2.05, 4.69) is 17.0 Å². The molecule has 0 spiro atoms. The largest absolute Gasteiger partial charge is 0.493 e. The van der Waals surface area contributed by atoms with Crippen LogP contribution in [0.25, 0.3) is 0 Å². The molecular formula is C28H34N2O3. The average molecular weight is 447 g/mol. The van der Waals surface area contributed by atoms with Crippen LogP contribution < -0.4 is 4.74 Å². The van der Waals surface area contributed by atoms with Crippen molar-refractivity contribution >= 4 is 11.8 Å². The fraction of sp³-hybridized carbons (Fsp3) is 0.500. The molecule has 0 unspecified atom stereocenters. The highest BCUT2D eigenvalue weighted by atomic mass is 16.5. The maximum absolute atomic E-state index is 13.2. The van der Waals surface area contributed by atoms with E-state index < -0.39 is 0 Å². The van der Waals surface area contributed by atoms with Gasteiger partial charge in [0, 0.05) is 31.7 Å². The van der Waals surface area contributed by atoms with E-state index in [0.29, 0.717) is 18.4 Å². The number of carbonyl (C=O) groups is 2.